The van der Waals surface area contributed by atoms with E-state index in [-0.39, 0.29) is 18.1 Å². The molecule has 0 radical (unpaired) electrons. The largest absolute Gasteiger partial charge is 0.467 e. The van der Waals surface area contributed by atoms with Gasteiger partial charge >= 0.3 is 11.9 Å². The number of methoxy groups -OCH3 is 1. The first-order chi connectivity index (χ1) is 8.11. The number of hydrogen-bond donors (Lipinski definition) is 1. The van der Waals surface area contributed by atoms with Gasteiger partial charge in [0.2, 0.25) is 0 Å². The van der Waals surface area contributed by atoms with E-state index in [4.69, 9.17) is 4.42 Å². The first-order valence-corrected chi connectivity index (χ1v) is 4.76. The van der Waals surface area contributed by atoms with Crippen molar-refractivity contribution in [3.8, 4) is 0 Å². The molecule has 1 aliphatic rings. The topological polar surface area (TPSA) is 107 Å². The number of nitrogens with zero attached hydrogens (tertiary/aromatic N) is 2. The fraction of sp³-hybridized carbons (Fsp3) is 0.333. The highest BCUT2D eigenvalue weighted by atomic mass is 16.6. The second kappa shape index (κ2) is 4.24. The van der Waals surface area contributed by atoms with E-state index in [1.807, 2.05) is 0 Å². The van der Waals surface area contributed by atoms with Crippen LogP contribution in [0.25, 0.3) is 0 Å². The molecule has 1 atom stereocenters. The lowest BCUT2D eigenvalue weighted by Gasteiger charge is -2.05. The number of hydrogen-bond acceptors (Lipinski definition) is 7. The average Bonchev–Trinajstić information content (AvgIpc) is 2.95. The summed E-state index contributed by atoms with van der Waals surface area (Å²) in [5.74, 6) is -0.523. The van der Waals surface area contributed by atoms with E-state index in [0.717, 1.165) is 0 Å². The predicted octanol–water partition coefficient (Wildman–Crippen LogP) is 0.427. The number of nitrogens with one attached hydrogen (secondary N) is 1. The lowest BCUT2D eigenvalue weighted by atomic mass is 10.1. The van der Waals surface area contributed by atoms with E-state index in [0.29, 0.717) is 5.71 Å². The average molecular weight is 239 g/mol. The zero-order chi connectivity index (χ0) is 12.4. The van der Waals surface area contributed by atoms with E-state index >= 15 is 0 Å². The van der Waals surface area contributed by atoms with Gasteiger partial charge in [-0.3, -0.25) is 15.5 Å². The van der Waals surface area contributed by atoms with Crippen molar-refractivity contribution in [1.82, 2.24) is 5.43 Å². The van der Waals surface area contributed by atoms with Crippen LogP contribution in [0.3, 0.4) is 0 Å². The number of furan rings is 1. The lowest BCUT2D eigenvalue weighted by molar-refractivity contribution is -0.402. The number of hydrazone groups is 1. The highest BCUT2D eigenvalue weighted by Gasteiger charge is 2.29. The highest BCUT2D eigenvalue weighted by molar-refractivity contribution is 6.02. The van der Waals surface area contributed by atoms with E-state index in [2.05, 4.69) is 15.3 Å². The van der Waals surface area contributed by atoms with Gasteiger partial charge in [-0.1, -0.05) is 0 Å². The number of ether oxygens (including phenoxy) is 1. The molecule has 1 aromatic rings. The molecule has 0 unspecified atom stereocenters. The summed E-state index contributed by atoms with van der Waals surface area (Å²) >= 11 is 0. The van der Waals surface area contributed by atoms with Gasteiger partial charge in [-0.15, -0.1) is 0 Å². The smallest absolute Gasteiger partial charge is 0.433 e. The summed E-state index contributed by atoms with van der Waals surface area (Å²) in [5, 5.41) is 14.3. The van der Waals surface area contributed by atoms with Gasteiger partial charge in [-0.25, -0.2) is 4.79 Å². The van der Waals surface area contributed by atoms with Gasteiger partial charge in [-0.05, 0) is 6.07 Å². The fourth-order valence-electron chi connectivity index (χ4n) is 1.46. The molecule has 0 aromatic carbocycles. The fourth-order valence-corrected chi connectivity index (χ4v) is 1.46. The molecular weight excluding hydrogens is 230 g/mol. The van der Waals surface area contributed by atoms with Gasteiger partial charge in [0.15, 0.2) is 5.76 Å². The molecule has 0 saturated carbocycles. The highest BCUT2D eigenvalue weighted by Crippen LogP contribution is 2.20. The summed E-state index contributed by atoms with van der Waals surface area (Å²) in [4.78, 5) is 21.0. The van der Waals surface area contributed by atoms with Crippen molar-refractivity contribution in [3.05, 3.63) is 28.0 Å². The van der Waals surface area contributed by atoms with Gasteiger partial charge in [0.25, 0.3) is 0 Å². The molecule has 0 amide bonds. The van der Waals surface area contributed by atoms with Crippen LogP contribution in [0.2, 0.25) is 0 Å². The van der Waals surface area contributed by atoms with E-state index in [1.165, 1.54) is 19.2 Å². The predicted molar refractivity (Wildman–Crippen MR) is 55.5 cm³/mol. The van der Waals surface area contributed by atoms with E-state index in [1.54, 1.807) is 0 Å². The summed E-state index contributed by atoms with van der Waals surface area (Å²) in [7, 11) is 1.28. The molecule has 0 saturated heterocycles. The molecular formula is C9H9N3O5. The molecule has 8 heteroatoms. The zero-order valence-electron chi connectivity index (χ0n) is 8.87. The number of nitro groups is 1. The van der Waals surface area contributed by atoms with Gasteiger partial charge in [0.05, 0.1) is 13.2 Å². The SMILES string of the molecule is COC(=O)[C@@H]1CC(c2ccc([N+](=O)[O-])o2)=NN1. The molecule has 1 aromatic heterocycles. The van der Waals surface area contributed by atoms with Crippen molar-refractivity contribution >= 4 is 17.6 Å². The van der Waals surface area contributed by atoms with Crippen LogP contribution < -0.4 is 5.43 Å². The third-order valence-corrected chi connectivity index (χ3v) is 2.29. The molecule has 0 aliphatic carbocycles. The minimum absolute atomic E-state index is 0.274. The standard InChI is InChI=1S/C9H9N3O5/c1-16-9(13)6-4-5(10-11-6)7-2-3-8(17-7)12(14)15/h2-3,6,11H,4H2,1H3/t6-/m0/s1. The molecule has 0 spiro atoms. The molecule has 90 valence electrons. The van der Waals surface area contributed by atoms with Crippen molar-refractivity contribution < 1.29 is 18.9 Å². The van der Waals surface area contributed by atoms with Crippen molar-refractivity contribution in [3.63, 3.8) is 0 Å². The number of esters is 1. The number of carbonyl (C=O) groups excluding carboxylic acids is 1. The Kier molecular flexibility index (Phi) is 2.77. The van der Waals surface area contributed by atoms with E-state index in [9.17, 15) is 14.9 Å². The monoisotopic (exact) mass is 239 g/mol. The van der Waals surface area contributed by atoms with Crippen LogP contribution >= 0.6 is 0 Å². The minimum Gasteiger partial charge on any atom is -0.467 e. The molecule has 1 aliphatic heterocycles. The summed E-state index contributed by atoms with van der Waals surface area (Å²) in [6, 6.07) is 2.11. The molecule has 2 heterocycles. The molecule has 1 N–H and O–H groups in total. The Hall–Kier alpha value is -2.38. The summed E-state index contributed by atoms with van der Waals surface area (Å²) in [5.41, 5.74) is 3.03. The van der Waals surface area contributed by atoms with E-state index < -0.39 is 16.9 Å². The zero-order valence-corrected chi connectivity index (χ0v) is 8.87. The number of rotatable bonds is 3. The molecule has 0 fully saturated rings. The van der Waals surface area contributed by atoms with Crippen molar-refractivity contribution in [2.75, 3.05) is 7.11 Å². The van der Waals surface area contributed by atoms with Gasteiger partial charge < -0.3 is 9.15 Å². The maximum atomic E-state index is 11.2. The van der Waals surface area contributed by atoms with Gasteiger partial charge in [0.1, 0.15) is 16.7 Å². The Bertz CT molecular complexity index is 493. The van der Waals surface area contributed by atoms with Crippen LogP contribution in [0.5, 0.6) is 0 Å². The molecule has 8 nitrogen and oxygen atoms in total. The first-order valence-electron chi connectivity index (χ1n) is 4.76. The first kappa shape index (κ1) is 11.1. The Labute approximate surface area is 95.4 Å². The van der Waals surface area contributed by atoms with Crippen molar-refractivity contribution in [2.45, 2.75) is 12.5 Å². The van der Waals surface area contributed by atoms with Crippen LogP contribution in [0.1, 0.15) is 12.2 Å². The molecule has 2 rings (SSSR count). The van der Waals surface area contributed by atoms with Gasteiger partial charge in [0, 0.05) is 6.42 Å². The third kappa shape index (κ3) is 2.10. The summed E-state index contributed by atoms with van der Waals surface area (Å²) in [6.07, 6.45) is 0.275. The second-order valence-electron chi connectivity index (χ2n) is 3.36. The van der Waals surface area contributed by atoms with Crippen LogP contribution in [0, 0.1) is 10.1 Å². The normalized spacial score (nSPS) is 18.4. The van der Waals surface area contributed by atoms with Crippen molar-refractivity contribution in [2.24, 2.45) is 5.10 Å². The quantitative estimate of drug-likeness (QED) is 0.465. The van der Waals surface area contributed by atoms with Crippen LogP contribution in [0.4, 0.5) is 5.88 Å². The minimum atomic E-state index is -0.635. The Morgan fingerprint density at radius 3 is 3.06 bits per heavy atom. The maximum absolute atomic E-state index is 11.2. The molecule has 0 bridgehead atoms. The Balaban J connectivity index is 2.09. The molecule has 17 heavy (non-hydrogen) atoms. The third-order valence-electron chi connectivity index (χ3n) is 2.29. The summed E-state index contributed by atoms with van der Waals surface area (Å²) < 4.78 is 9.52. The Morgan fingerprint density at radius 2 is 2.47 bits per heavy atom. The Morgan fingerprint density at radius 1 is 1.71 bits per heavy atom. The maximum Gasteiger partial charge on any atom is 0.433 e. The van der Waals surface area contributed by atoms with Crippen LogP contribution in [0.15, 0.2) is 21.7 Å². The number of carbonyl (C=O) groups is 1. The van der Waals surface area contributed by atoms with Crippen LogP contribution in [-0.2, 0) is 9.53 Å². The summed E-state index contributed by atoms with van der Waals surface area (Å²) in [6.45, 7) is 0. The lowest BCUT2D eigenvalue weighted by Crippen LogP contribution is -2.30. The van der Waals surface area contributed by atoms with Crippen molar-refractivity contribution in [1.29, 1.82) is 0 Å². The van der Waals surface area contributed by atoms with Gasteiger partial charge in [-0.2, -0.15) is 5.10 Å². The second-order valence-corrected chi connectivity index (χ2v) is 3.36. The van der Waals surface area contributed by atoms with Crippen LogP contribution in [-0.4, -0.2) is 29.8 Å².